The molecule has 0 aliphatic carbocycles. The van der Waals surface area contributed by atoms with Crippen LogP contribution < -0.4 is 4.90 Å². The number of piperazine rings is 1. The second kappa shape index (κ2) is 8.04. The Morgan fingerprint density at radius 2 is 1.85 bits per heavy atom. The van der Waals surface area contributed by atoms with Gasteiger partial charge in [-0.3, -0.25) is 9.69 Å². The molecule has 1 amide bonds. The van der Waals surface area contributed by atoms with Crippen LogP contribution in [0.2, 0.25) is 0 Å². The summed E-state index contributed by atoms with van der Waals surface area (Å²) in [6.45, 7) is 6.00. The third-order valence-corrected chi connectivity index (χ3v) is 5.54. The van der Waals surface area contributed by atoms with E-state index >= 15 is 0 Å². The van der Waals surface area contributed by atoms with Crippen LogP contribution in [0, 0.1) is 5.92 Å². The van der Waals surface area contributed by atoms with Crippen molar-refractivity contribution in [3.63, 3.8) is 0 Å². The van der Waals surface area contributed by atoms with Crippen molar-refractivity contribution in [3.05, 3.63) is 23.9 Å². The third-order valence-electron chi connectivity index (χ3n) is 5.54. The van der Waals surface area contributed by atoms with Gasteiger partial charge in [-0.1, -0.05) is 6.92 Å². The third kappa shape index (κ3) is 5.12. The highest BCUT2D eigenvalue weighted by Gasteiger charge is 2.35. The minimum absolute atomic E-state index is 0.00399. The number of halogens is 3. The number of hydrogen-bond donors (Lipinski definition) is 0. The molecule has 5 nitrogen and oxygen atoms in total. The van der Waals surface area contributed by atoms with Crippen molar-refractivity contribution in [1.82, 2.24) is 14.8 Å². The molecule has 2 aliphatic heterocycles. The van der Waals surface area contributed by atoms with Gasteiger partial charge in [0.15, 0.2) is 0 Å². The number of likely N-dealkylation sites (tertiary alicyclic amines) is 1. The fourth-order valence-corrected chi connectivity index (χ4v) is 3.76. The standard InChI is InChI=1S/C19H27F3N4O/c1-14-5-7-24(8-6-14)18(27)16-3-4-17(23-11-16)25-9-10-26(15(2)12-25)13-19(20,21)22/h3-4,11,14-15H,5-10,12-13H2,1-2H3. The first-order chi connectivity index (χ1) is 12.7. The average molecular weight is 384 g/mol. The summed E-state index contributed by atoms with van der Waals surface area (Å²) in [5, 5.41) is 0. The van der Waals surface area contributed by atoms with Crippen molar-refractivity contribution >= 4 is 11.7 Å². The lowest BCUT2D eigenvalue weighted by Crippen LogP contribution is -2.54. The Balaban J connectivity index is 1.58. The van der Waals surface area contributed by atoms with E-state index in [2.05, 4.69) is 11.9 Å². The van der Waals surface area contributed by atoms with Gasteiger partial charge in [-0.05, 0) is 37.8 Å². The largest absolute Gasteiger partial charge is 0.401 e. The number of carbonyl (C=O) groups is 1. The average Bonchev–Trinajstić information content (AvgIpc) is 2.62. The second-order valence-electron chi connectivity index (χ2n) is 7.76. The summed E-state index contributed by atoms with van der Waals surface area (Å²) < 4.78 is 37.9. The molecule has 1 unspecified atom stereocenters. The molecular weight excluding hydrogens is 357 g/mol. The van der Waals surface area contributed by atoms with Crippen molar-refractivity contribution < 1.29 is 18.0 Å². The number of nitrogens with zero attached hydrogens (tertiary/aromatic N) is 4. The highest BCUT2D eigenvalue weighted by Crippen LogP contribution is 2.23. The van der Waals surface area contributed by atoms with Gasteiger partial charge in [0, 0.05) is 45.0 Å². The molecule has 0 bridgehead atoms. The van der Waals surface area contributed by atoms with Gasteiger partial charge in [-0.15, -0.1) is 0 Å². The van der Waals surface area contributed by atoms with E-state index in [1.807, 2.05) is 9.80 Å². The molecule has 0 radical (unpaired) electrons. The van der Waals surface area contributed by atoms with E-state index in [-0.39, 0.29) is 11.9 Å². The summed E-state index contributed by atoms with van der Waals surface area (Å²) in [4.78, 5) is 22.3. The van der Waals surface area contributed by atoms with Crippen molar-refractivity contribution in [2.24, 2.45) is 5.92 Å². The van der Waals surface area contributed by atoms with E-state index in [0.29, 0.717) is 36.9 Å². The Morgan fingerprint density at radius 3 is 2.41 bits per heavy atom. The van der Waals surface area contributed by atoms with E-state index < -0.39 is 12.7 Å². The zero-order valence-electron chi connectivity index (χ0n) is 15.9. The summed E-state index contributed by atoms with van der Waals surface area (Å²) in [7, 11) is 0. The monoisotopic (exact) mass is 384 g/mol. The molecule has 2 fully saturated rings. The Hall–Kier alpha value is -1.83. The van der Waals surface area contributed by atoms with Crippen molar-refractivity contribution in [2.45, 2.75) is 38.9 Å². The molecule has 0 N–H and O–H groups in total. The van der Waals surface area contributed by atoms with Crippen LogP contribution in [-0.4, -0.2) is 72.2 Å². The van der Waals surface area contributed by atoms with Crippen molar-refractivity contribution in [3.8, 4) is 0 Å². The second-order valence-corrected chi connectivity index (χ2v) is 7.76. The fraction of sp³-hybridized carbons (Fsp3) is 0.684. The summed E-state index contributed by atoms with van der Waals surface area (Å²) in [6, 6.07) is 3.36. The smallest absolute Gasteiger partial charge is 0.354 e. The van der Waals surface area contributed by atoms with Gasteiger partial charge in [0.2, 0.25) is 0 Å². The molecular formula is C19H27F3N4O. The summed E-state index contributed by atoms with van der Waals surface area (Å²) in [6.07, 6.45) is -0.542. The molecule has 0 spiro atoms. The van der Waals surface area contributed by atoms with Gasteiger partial charge in [0.1, 0.15) is 5.82 Å². The number of aromatic nitrogens is 1. The molecule has 8 heteroatoms. The van der Waals surface area contributed by atoms with Gasteiger partial charge in [0.25, 0.3) is 5.91 Å². The van der Waals surface area contributed by atoms with Gasteiger partial charge < -0.3 is 9.80 Å². The van der Waals surface area contributed by atoms with Crippen LogP contribution in [0.15, 0.2) is 18.3 Å². The van der Waals surface area contributed by atoms with Crippen LogP contribution >= 0.6 is 0 Å². The van der Waals surface area contributed by atoms with Crippen molar-refractivity contribution in [2.75, 3.05) is 44.2 Å². The zero-order valence-corrected chi connectivity index (χ0v) is 15.9. The van der Waals surface area contributed by atoms with E-state index in [4.69, 9.17) is 0 Å². The predicted molar refractivity (Wildman–Crippen MR) is 97.8 cm³/mol. The summed E-state index contributed by atoms with van der Waals surface area (Å²) in [5.41, 5.74) is 0.567. The first-order valence-corrected chi connectivity index (χ1v) is 9.54. The maximum absolute atomic E-state index is 12.6. The molecule has 150 valence electrons. The van der Waals surface area contributed by atoms with Gasteiger partial charge in [-0.25, -0.2) is 4.98 Å². The maximum Gasteiger partial charge on any atom is 0.401 e. The van der Waals surface area contributed by atoms with E-state index in [0.717, 1.165) is 25.9 Å². The normalized spacial score (nSPS) is 22.9. The molecule has 0 aromatic carbocycles. The number of hydrogen-bond acceptors (Lipinski definition) is 4. The number of rotatable bonds is 3. The molecule has 3 heterocycles. The highest BCUT2D eigenvalue weighted by molar-refractivity contribution is 5.94. The van der Waals surface area contributed by atoms with Gasteiger partial charge in [-0.2, -0.15) is 13.2 Å². The lowest BCUT2D eigenvalue weighted by atomic mass is 9.99. The molecule has 1 aromatic rings. The molecule has 3 rings (SSSR count). The topological polar surface area (TPSA) is 39.7 Å². The van der Waals surface area contributed by atoms with E-state index in [1.165, 1.54) is 4.90 Å². The number of piperidine rings is 1. The predicted octanol–water partition coefficient (Wildman–Crippen LogP) is 3.03. The Bertz CT molecular complexity index is 641. The van der Waals surface area contributed by atoms with Crippen LogP contribution in [0.3, 0.4) is 0 Å². The number of carbonyl (C=O) groups excluding carboxylic acids is 1. The highest BCUT2D eigenvalue weighted by atomic mass is 19.4. The van der Waals surface area contributed by atoms with Gasteiger partial charge >= 0.3 is 6.18 Å². The van der Waals surface area contributed by atoms with Crippen LogP contribution in [0.5, 0.6) is 0 Å². The fourth-order valence-electron chi connectivity index (χ4n) is 3.76. The molecule has 27 heavy (non-hydrogen) atoms. The summed E-state index contributed by atoms with van der Waals surface area (Å²) in [5.74, 6) is 1.37. The van der Waals surface area contributed by atoms with Crippen LogP contribution in [0.25, 0.3) is 0 Å². The zero-order chi connectivity index (χ0) is 19.6. The molecule has 2 aliphatic rings. The first-order valence-electron chi connectivity index (χ1n) is 9.54. The lowest BCUT2D eigenvalue weighted by molar-refractivity contribution is -0.150. The van der Waals surface area contributed by atoms with Gasteiger partial charge in [0.05, 0.1) is 12.1 Å². The molecule has 2 saturated heterocycles. The number of amides is 1. The number of alkyl halides is 3. The molecule has 1 aromatic heterocycles. The van der Waals surface area contributed by atoms with Crippen LogP contribution in [0.4, 0.5) is 19.0 Å². The first kappa shape index (κ1) is 19.9. The minimum atomic E-state index is -4.18. The minimum Gasteiger partial charge on any atom is -0.354 e. The Labute approximate surface area is 158 Å². The number of anilines is 1. The van der Waals surface area contributed by atoms with E-state index in [1.54, 1.807) is 25.3 Å². The quantitative estimate of drug-likeness (QED) is 0.803. The van der Waals surface area contributed by atoms with Crippen molar-refractivity contribution in [1.29, 1.82) is 0 Å². The van der Waals surface area contributed by atoms with E-state index in [9.17, 15) is 18.0 Å². The number of pyridine rings is 1. The van der Waals surface area contributed by atoms with Crippen LogP contribution in [0.1, 0.15) is 37.0 Å². The van der Waals surface area contributed by atoms with Crippen LogP contribution in [-0.2, 0) is 0 Å². The molecule has 0 saturated carbocycles. The summed E-state index contributed by atoms with van der Waals surface area (Å²) >= 11 is 0. The molecule has 1 atom stereocenters. The Morgan fingerprint density at radius 1 is 1.15 bits per heavy atom. The Kier molecular flexibility index (Phi) is 5.93. The lowest BCUT2D eigenvalue weighted by Gasteiger charge is -2.40. The SMILES string of the molecule is CC1CCN(C(=O)c2ccc(N3CCN(CC(F)(F)F)C(C)C3)nc2)CC1. The maximum atomic E-state index is 12.6.